The first-order chi connectivity index (χ1) is 8.31. The van der Waals surface area contributed by atoms with Gasteiger partial charge in [-0.05, 0) is 6.92 Å². The topological polar surface area (TPSA) is 108 Å². The number of aryl methyl sites for hydroxylation is 2. The van der Waals surface area contributed by atoms with Crippen molar-refractivity contribution in [1.29, 1.82) is 0 Å². The molecular formula is C9H14N6O2S. The van der Waals surface area contributed by atoms with Gasteiger partial charge in [-0.1, -0.05) is 0 Å². The molecule has 8 nitrogen and oxygen atoms in total. The van der Waals surface area contributed by atoms with Crippen LogP contribution in [-0.4, -0.2) is 28.0 Å². The quantitative estimate of drug-likeness (QED) is 0.806. The predicted octanol–water partition coefficient (Wildman–Crippen LogP) is -0.155. The molecule has 0 spiro atoms. The van der Waals surface area contributed by atoms with Crippen LogP contribution >= 0.6 is 0 Å². The highest BCUT2D eigenvalue weighted by atomic mass is 32.2. The Labute approximate surface area is 104 Å². The summed E-state index contributed by atoms with van der Waals surface area (Å²) in [6.07, 6.45) is 1.64. The van der Waals surface area contributed by atoms with E-state index in [1.165, 1.54) is 9.36 Å². The average molecular weight is 270 g/mol. The molecule has 0 aromatic carbocycles. The van der Waals surface area contributed by atoms with Gasteiger partial charge in [0.05, 0.1) is 5.69 Å². The van der Waals surface area contributed by atoms with Gasteiger partial charge in [0.25, 0.3) is 10.0 Å². The zero-order chi connectivity index (χ0) is 13.5. The molecule has 18 heavy (non-hydrogen) atoms. The number of hydrogen-bond acceptors (Lipinski definition) is 5. The Morgan fingerprint density at radius 3 is 2.44 bits per heavy atom. The zero-order valence-corrected chi connectivity index (χ0v) is 11.1. The number of nitrogens with one attached hydrogen (secondary N) is 1. The number of anilines is 2. The summed E-state index contributed by atoms with van der Waals surface area (Å²) in [6, 6.07) is 1.56. The van der Waals surface area contributed by atoms with Crippen molar-refractivity contribution in [2.45, 2.75) is 11.8 Å². The lowest BCUT2D eigenvalue weighted by Crippen LogP contribution is -2.15. The molecule has 0 aliphatic rings. The van der Waals surface area contributed by atoms with Crippen LogP contribution in [0.15, 0.2) is 17.2 Å². The van der Waals surface area contributed by atoms with Crippen LogP contribution < -0.4 is 10.5 Å². The van der Waals surface area contributed by atoms with Gasteiger partial charge < -0.3 is 5.73 Å². The molecule has 0 saturated carbocycles. The zero-order valence-electron chi connectivity index (χ0n) is 10.2. The molecule has 0 fully saturated rings. The Bertz CT molecular complexity index is 684. The SMILES string of the molecule is Cc1c(S(=O)(=O)Nc2ccn(C)n2)c(N)nn1C. The van der Waals surface area contributed by atoms with Gasteiger partial charge in [0, 0.05) is 26.4 Å². The molecule has 2 heterocycles. The third-order valence-electron chi connectivity index (χ3n) is 2.53. The minimum Gasteiger partial charge on any atom is -0.381 e. The third-order valence-corrected chi connectivity index (χ3v) is 4.05. The number of hydrogen-bond donors (Lipinski definition) is 2. The second kappa shape index (κ2) is 4.02. The maximum Gasteiger partial charge on any atom is 0.268 e. The van der Waals surface area contributed by atoms with Crippen LogP contribution in [-0.2, 0) is 24.1 Å². The molecule has 0 amide bonds. The first-order valence-corrected chi connectivity index (χ1v) is 6.61. The lowest BCUT2D eigenvalue weighted by molar-refractivity contribution is 0.600. The predicted molar refractivity (Wildman–Crippen MR) is 66.4 cm³/mol. The van der Waals surface area contributed by atoms with Crippen LogP contribution in [0.2, 0.25) is 0 Å². The maximum atomic E-state index is 12.2. The van der Waals surface area contributed by atoms with Crippen LogP contribution in [0.4, 0.5) is 11.6 Å². The molecule has 0 saturated heterocycles. The second-order valence-corrected chi connectivity index (χ2v) is 5.52. The van der Waals surface area contributed by atoms with E-state index in [9.17, 15) is 8.42 Å². The van der Waals surface area contributed by atoms with Gasteiger partial charge in [0.2, 0.25) is 0 Å². The van der Waals surface area contributed by atoms with Gasteiger partial charge in [-0.2, -0.15) is 10.2 Å². The van der Waals surface area contributed by atoms with E-state index >= 15 is 0 Å². The minimum absolute atomic E-state index is 0.0179. The summed E-state index contributed by atoms with van der Waals surface area (Å²) in [7, 11) is -0.448. The van der Waals surface area contributed by atoms with Gasteiger partial charge in [-0.25, -0.2) is 8.42 Å². The van der Waals surface area contributed by atoms with Crippen LogP contribution in [0.3, 0.4) is 0 Å². The van der Waals surface area contributed by atoms with Gasteiger partial charge in [-0.15, -0.1) is 0 Å². The monoisotopic (exact) mass is 270 g/mol. The number of rotatable bonds is 3. The molecule has 0 radical (unpaired) electrons. The Morgan fingerprint density at radius 1 is 1.33 bits per heavy atom. The fourth-order valence-corrected chi connectivity index (χ4v) is 2.93. The Hall–Kier alpha value is -2.03. The highest BCUT2D eigenvalue weighted by Crippen LogP contribution is 2.23. The van der Waals surface area contributed by atoms with Crippen molar-refractivity contribution in [3.8, 4) is 0 Å². The molecule has 0 atom stereocenters. The van der Waals surface area contributed by atoms with Crippen LogP contribution in [0.1, 0.15) is 5.69 Å². The van der Waals surface area contributed by atoms with E-state index in [2.05, 4.69) is 14.9 Å². The minimum atomic E-state index is -3.77. The normalized spacial score (nSPS) is 11.7. The highest BCUT2D eigenvalue weighted by Gasteiger charge is 2.25. The van der Waals surface area contributed by atoms with E-state index < -0.39 is 10.0 Å². The van der Waals surface area contributed by atoms with Crippen molar-refractivity contribution >= 4 is 21.7 Å². The van der Waals surface area contributed by atoms with Crippen molar-refractivity contribution < 1.29 is 8.42 Å². The summed E-state index contributed by atoms with van der Waals surface area (Å²) in [5, 5.41) is 7.82. The Morgan fingerprint density at radius 2 is 2.00 bits per heavy atom. The van der Waals surface area contributed by atoms with Gasteiger partial charge in [-0.3, -0.25) is 14.1 Å². The lowest BCUT2D eigenvalue weighted by atomic mass is 10.5. The van der Waals surface area contributed by atoms with Crippen molar-refractivity contribution in [1.82, 2.24) is 19.6 Å². The van der Waals surface area contributed by atoms with Gasteiger partial charge in [0.15, 0.2) is 16.5 Å². The van der Waals surface area contributed by atoms with Crippen molar-refractivity contribution in [2.24, 2.45) is 14.1 Å². The van der Waals surface area contributed by atoms with E-state index in [0.717, 1.165) is 0 Å². The number of sulfonamides is 1. The molecule has 0 aliphatic carbocycles. The Balaban J connectivity index is 2.43. The van der Waals surface area contributed by atoms with E-state index in [-0.39, 0.29) is 16.5 Å². The summed E-state index contributed by atoms with van der Waals surface area (Å²) >= 11 is 0. The van der Waals surface area contributed by atoms with E-state index in [1.807, 2.05) is 0 Å². The number of nitrogens with two attached hydrogens (primary N) is 1. The molecule has 0 unspecified atom stereocenters. The highest BCUT2D eigenvalue weighted by molar-refractivity contribution is 7.93. The summed E-state index contributed by atoms with van der Waals surface area (Å²) in [6.45, 7) is 1.64. The van der Waals surface area contributed by atoms with Gasteiger partial charge in [0.1, 0.15) is 0 Å². The molecule has 0 aliphatic heterocycles. The molecule has 98 valence electrons. The summed E-state index contributed by atoms with van der Waals surface area (Å²) in [4.78, 5) is -0.0179. The molecule has 2 rings (SSSR count). The van der Waals surface area contributed by atoms with Gasteiger partial charge >= 0.3 is 0 Å². The fourth-order valence-electron chi connectivity index (χ4n) is 1.60. The molecular weight excluding hydrogens is 256 g/mol. The van der Waals surface area contributed by atoms with Crippen molar-refractivity contribution in [2.75, 3.05) is 10.5 Å². The largest absolute Gasteiger partial charge is 0.381 e. The third kappa shape index (κ3) is 2.04. The molecule has 2 aromatic heterocycles. The van der Waals surface area contributed by atoms with Crippen LogP contribution in [0, 0.1) is 6.92 Å². The van der Waals surface area contributed by atoms with Crippen LogP contribution in [0.25, 0.3) is 0 Å². The first kappa shape index (κ1) is 12.4. The van der Waals surface area contributed by atoms with E-state index in [4.69, 9.17) is 5.73 Å². The molecule has 0 bridgehead atoms. The smallest absolute Gasteiger partial charge is 0.268 e. The summed E-state index contributed by atoms with van der Waals surface area (Å²) < 4.78 is 29.6. The fraction of sp³-hybridized carbons (Fsp3) is 0.333. The molecule has 2 aromatic rings. The lowest BCUT2D eigenvalue weighted by Gasteiger charge is -2.05. The average Bonchev–Trinajstić information content (AvgIpc) is 2.72. The van der Waals surface area contributed by atoms with Crippen LogP contribution in [0.5, 0.6) is 0 Å². The summed E-state index contributed by atoms with van der Waals surface area (Å²) in [5.74, 6) is 0.207. The summed E-state index contributed by atoms with van der Waals surface area (Å²) in [5.41, 5.74) is 6.08. The number of aromatic nitrogens is 4. The number of nitrogens with zero attached hydrogens (tertiary/aromatic N) is 4. The maximum absolute atomic E-state index is 12.2. The molecule has 3 N–H and O–H groups in total. The second-order valence-electron chi connectivity index (χ2n) is 3.90. The van der Waals surface area contributed by atoms with E-state index in [0.29, 0.717) is 5.69 Å². The van der Waals surface area contributed by atoms with E-state index in [1.54, 1.807) is 33.3 Å². The number of nitrogen functional groups attached to an aromatic ring is 1. The standard InChI is InChI=1S/C9H14N6O2S/c1-6-8(9(10)12-15(6)3)18(16,17)13-7-4-5-14(2)11-7/h4-5H,1-3H3,(H2,10,12)(H,11,13). The molecule has 9 heteroatoms. The van der Waals surface area contributed by atoms with Crippen molar-refractivity contribution in [3.05, 3.63) is 18.0 Å². The van der Waals surface area contributed by atoms with Crippen molar-refractivity contribution in [3.63, 3.8) is 0 Å². The Kier molecular flexibility index (Phi) is 2.77. The first-order valence-electron chi connectivity index (χ1n) is 5.13.